The van der Waals surface area contributed by atoms with Crippen LogP contribution in [-0.2, 0) is 19.1 Å². The Morgan fingerprint density at radius 3 is 2.59 bits per heavy atom. The van der Waals surface area contributed by atoms with Gasteiger partial charge in [0.1, 0.15) is 18.3 Å². The van der Waals surface area contributed by atoms with Crippen LogP contribution in [0.4, 0.5) is 0 Å². The van der Waals surface area contributed by atoms with Gasteiger partial charge in [-0.2, -0.15) is 0 Å². The predicted molar refractivity (Wildman–Crippen MR) is 91.3 cm³/mol. The molecule has 0 aromatic rings. The summed E-state index contributed by atoms with van der Waals surface area (Å²) in [4.78, 5) is 24.9. The van der Waals surface area contributed by atoms with Gasteiger partial charge < -0.3 is 24.8 Å². The second-order valence-electron chi connectivity index (χ2n) is 9.58. The molecular formula is C20H26O7. The van der Waals surface area contributed by atoms with Crippen molar-refractivity contribution in [3.05, 3.63) is 11.6 Å². The number of fused-ring (bicyclic) bond motifs is 2. The molecule has 0 amide bonds. The number of ether oxygens (including phenoxy) is 2. The van der Waals surface area contributed by atoms with E-state index in [1.54, 1.807) is 6.92 Å². The Morgan fingerprint density at radius 1 is 1.19 bits per heavy atom. The van der Waals surface area contributed by atoms with Crippen molar-refractivity contribution in [3.63, 3.8) is 0 Å². The number of rotatable bonds is 0. The van der Waals surface area contributed by atoms with Gasteiger partial charge in [-0.3, -0.25) is 9.59 Å². The third-order valence-electron chi connectivity index (χ3n) is 8.70. The van der Waals surface area contributed by atoms with Crippen LogP contribution in [0.15, 0.2) is 11.6 Å². The van der Waals surface area contributed by atoms with Crippen molar-refractivity contribution in [2.75, 3.05) is 6.61 Å². The number of hydrogen-bond donors (Lipinski definition) is 3. The molecule has 3 aliphatic carbocycles. The van der Waals surface area contributed by atoms with E-state index in [0.717, 1.165) is 5.57 Å². The summed E-state index contributed by atoms with van der Waals surface area (Å²) in [7, 11) is 0. The maximum Gasteiger partial charge on any atom is 0.306 e. The standard InChI is InChI=1S/C20H26O7/c1-8-4-10(21)16(24)18(2)9(8)5-12-20-7-26-19(3,11(20)6-13(22)27-12)17(25)14(23)15(18)20/h4,9,11-12,14-17,23-25H,5-7H2,1-3H3/t9-,11-,12+,14-,15+,16+,17-,18-,19-,20+/m0/s1. The topological polar surface area (TPSA) is 113 Å². The van der Waals surface area contributed by atoms with Gasteiger partial charge in [0.05, 0.1) is 24.7 Å². The smallest absolute Gasteiger partial charge is 0.306 e. The molecular weight excluding hydrogens is 352 g/mol. The van der Waals surface area contributed by atoms with Crippen molar-refractivity contribution in [2.24, 2.45) is 28.6 Å². The average molecular weight is 378 g/mol. The summed E-state index contributed by atoms with van der Waals surface area (Å²) in [5, 5.41) is 33.1. The van der Waals surface area contributed by atoms with Gasteiger partial charge in [0.25, 0.3) is 0 Å². The van der Waals surface area contributed by atoms with Gasteiger partial charge in [0.15, 0.2) is 5.78 Å². The zero-order chi connectivity index (χ0) is 19.5. The highest BCUT2D eigenvalue weighted by molar-refractivity contribution is 5.96. The van der Waals surface area contributed by atoms with Crippen molar-refractivity contribution >= 4 is 11.8 Å². The Bertz CT molecular complexity index is 776. The second kappa shape index (κ2) is 5.00. The summed E-state index contributed by atoms with van der Waals surface area (Å²) >= 11 is 0. The maximum atomic E-state index is 12.5. The van der Waals surface area contributed by atoms with E-state index in [1.165, 1.54) is 6.08 Å². The minimum absolute atomic E-state index is 0.104. The van der Waals surface area contributed by atoms with E-state index in [9.17, 15) is 24.9 Å². The first kappa shape index (κ1) is 17.8. The van der Waals surface area contributed by atoms with Crippen molar-refractivity contribution in [2.45, 2.75) is 63.6 Å². The Balaban J connectivity index is 1.77. The fraction of sp³-hybridized carbons (Fsp3) is 0.800. The predicted octanol–water partition coefficient (Wildman–Crippen LogP) is -0.0389. The molecule has 7 nitrogen and oxygen atoms in total. The highest BCUT2D eigenvalue weighted by Gasteiger charge is 2.80. The Kier molecular flexibility index (Phi) is 3.30. The minimum Gasteiger partial charge on any atom is -0.462 e. The van der Waals surface area contributed by atoms with Crippen molar-refractivity contribution in [1.82, 2.24) is 0 Å². The van der Waals surface area contributed by atoms with Crippen molar-refractivity contribution < 1.29 is 34.4 Å². The normalized spacial score (nSPS) is 58.9. The molecule has 5 aliphatic rings. The van der Waals surface area contributed by atoms with Crippen LogP contribution in [0.1, 0.15) is 33.6 Å². The molecule has 27 heavy (non-hydrogen) atoms. The number of esters is 1. The summed E-state index contributed by atoms with van der Waals surface area (Å²) in [5.41, 5.74) is -1.92. The number of carbonyl (C=O) groups is 2. The van der Waals surface area contributed by atoms with Gasteiger partial charge in [-0.1, -0.05) is 12.5 Å². The highest BCUT2D eigenvalue weighted by Crippen LogP contribution is 2.72. The molecule has 0 aromatic heterocycles. The maximum absolute atomic E-state index is 12.5. The molecule has 5 rings (SSSR count). The van der Waals surface area contributed by atoms with Gasteiger partial charge in [-0.05, 0) is 32.3 Å². The first-order valence-corrected chi connectivity index (χ1v) is 9.68. The zero-order valence-electron chi connectivity index (χ0n) is 15.7. The third kappa shape index (κ3) is 1.74. The van der Waals surface area contributed by atoms with E-state index in [1.807, 2.05) is 13.8 Å². The molecule has 0 radical (unpaired) electrons. The highest BCUT2D eigenvalue weighted by atomic mass is 16.6. The summed E-state index contributed by atoms with van der Waals surface area (Å²) in [5.74, 6) is -1.88. The largest absolute Gasteiger partial charge is 0.462 e. The minimum atomic E-state index is -1.28. The first-order chi connectivity index (χ1) is 12.6. The molecule has 0 unspecified atom stereocenters. The number of ketones is 1. The van der Waals surface area contributed by atoms with Gasteiger partial charge in [-0.25, -0.2) is 0 Å². The van der Waals surface area contributed by atoms with Crippen LogP contribution in [0.2, 0.25) is 0 Å². The van der Waals surface area contributed by atoms with Crippen LogP contribution in [-0.4, -0.2) is 63.7 Å². The van der Waals surface area contributed by atoms with Crippen molar-refractivity contribution in [3.8, 4) is 0 Å². The Labute approximate surface area is 157 Å². The fourth-order valence-electron chi connectivity index (χ4n) is 7.49. The third-order valence-corrected chi connectivity index (χ3v) is 8.70. The van der Waals surface area contributed by atoms with Gasteiger partial charge in [0.2, 0.25) is 0 Å². The van der Waals surface area contributed by atoms with E-state index in [2.05, 4.69) is 0 Å². The van der Waals surface area contributed by atoms with Gasteiger partial charge in [0, 0.05) is 22.7 Å². The molecule has 4 fully saturated rings. The van der Waals surface area contributed by atoms with E-state index < -0.39 is 46.8 Å². The molecule has 7 heteroatoms. The molecule has 1 spiro atoms. The Hall–Kier alpha value is -1.28. The molecule has 10 atom stereocenters. The lowest BCUT2D eigenvalue weighted by molar-refractivity contribution is -0.280. The average Bonchev–Trinajstić information content (AvgIpc) is 2.86. The van der Waals surface area contributed by atoms with Crippen LogP contribution in [0.5, 0.6) is 0 Å². The van der Waals surface area contributed by atoms with Crippen LogP contribution in [0.25, 0.3) is 0 Å². The monoisotopic (exact) mass is 378 g/mol. The number of aliphatic hydroxyl groups is 3. The van der Waals surface area contributed by atoms with E-state index in [-0.39, 0.29) is 36.6 Å². The van der Waals surface area contributed by atoms with Crippen LogP contribution < -0.4 is 0 Å². The fourth-order valence-corrected chi connectivity index (χ4v) is 7.49. The lowest BCUT2D eigenvalue weighted by atomic mass is 9.38. The number of allylic oxidation sites excluding steroid dienone is 1. The number of carbonyl (C=O) groups excluding carboxylic acids is 2. The molecule has 2 heterocycles. The molecule has 2 saturated heterocycles. The quantitative estimate of drug-likeness (QED) is 0.507. The summed E-state index contributed by atoms with van der Waals surface area (Å²) < 4.78 is 11.8. The number of aliphatic hydroxyl groups excluding tert-OH is 3. The molecule has 3 N–H and O–H groups in total. The molecule has 2 bridgehead atoms. The van der Waals surface area contributed by atoms with Crippen molar-refractivity contribution in [1.29, 1.82) is 0 Å². The van der Waals surface area contributed by atoms with Crippen LogP contribution in [0, 0.1) is 28.6 Å². The van der Waals surface area contributed by atoms with Gasteiger partial charge >= 0.3 is 5.97 Å². The number of hydrogen-bond acceptors (Lipinski definition) is 7. The molecule has 148 valence electrons. The summed E-state index contributed by atoms with van der Waals surface area (Å²) in [6.07, 6.45) is -2.11. The van der Waals surface area contributed by atoms with E-state index in [0.29, 0.717) is 6.42 Å². The zero-order valence-corrected chi connectivity index (χ0v) is 15.7. The lowest BCUT2D eigenvalue weighted by Crippen LogP contribution is -2.76. The molecule has 2 saturated carbocycles. The molecule has 0 aromatic carbocycles. The lowest BCUT2D eigenvalue weighted by Gasteiger charge is -2.67. The summed E-state index contributed by atoms with van der Waals surface area (Å²) in [6.45, 7) is 5.65. The van der Waals surface area contributed by atoms with E-state index >= 15 is 0 Å². The van der Waals surface area contributed by atoms with E-state index in [4.69, 9.17) is 9.47 Å². The van der Waals surface area contributed by atoms with Crippen LogP contribution >= 0.6 is 0 Å². The summed E-state index contributed by atoms with van der Waals surface area (Å²) in [6, 6.07) is 0. The van der Waals surface area contributed by atoms with Gasteiger partial charge in [-0.15, -0.1) is 0 Å². The Morgan fingerprint density at radius 2 is 1.89 bits per heavy atom. The first-order valence-electron chi connectivity index (χ1n) is 9.68. The molecule has 2 aliphatic heterocycles. The second-order valence-corrected chi connectivity index (χ2v) is 9.58. The van der Waals surface area contributed by atoms with Crippen LogP contribution in [0.3, 0.4) is 0 Å². The SMILES string of the molecule is CC1=CC(=O)[C@@H](O)[C@]2(C)[C@H]3[C@H](O)[C@H](O)[C@@]4(C)OC[C@@]35[C@@H](C[C@@H]12)OC(=O)C[C@@H]45.